The minimum Gasteiger partial charge on any atom is -0.457 e. The van der Waals surface area contributed by atoms with Crippen LogP contribution in [0.1, 0.15) is 51.6 Å². The van der Waals surface area contributed by atoms with Crippen molar-refractivity contribution < 1.29 is 18.7 Å². The molecule has 7 heteroatoms. The van der Waals surface area contributed by atoms with E-state index in [1.165, 1.54) is 36.0 Å². The summed E-state index contributed by atoms with van der Waals surface area (Å²) >= 11 is 0. The third-order valence-corrected chi connectivity index (χ3v) is 4.14. The molecular weight excluding hydrogens is 351 g/mol. The molecule has 2 aromatic rings. The predicted molar refractivity (Wildman–Crippen MR) is 99.3 cm³/mol. The second-order valence-corrected chi connectivity index (χ2v) is 6.23. The fourth-order valence-corrected chi connectivity index (χ4v) is 2.57. The number of aromatic nitrogens is 1. The number of amides is 1. The summed E-state index contributed by atoms with van der Waals surface area (Å²) in [5.41, 5.74) is 0.656. The normalized spacial score (nSPS) is 10.5. The third kappa shape index (κ3) is 5.03. The zero-order chi connectivity index (χ0) is 20.0. The van der Waals surface area contributed by atoms with Gasteiger partial charge in [-0.05, 0) is 42.7 Å². The van der Waals surface area contributed by atoms with Crippen LogP contribution < -0.4 is 10.9 Å². The summed E-state index contributed by atoms with van der Waals surface area (Å²) in [5.74, 6) is -1.55. The van der Waals surface area contributed by atoms with E-state index in [-0.39, 0.29) is 23.6 Å². The molecule has 1 aromatic carbocycles. The second kappa shape index (κ2) is 9.12. The summed E-state index contributed by atoms with van der Waals surface area (Å²) in [5, 5.41) is 2.40. The highest BCUT2D eigenvalue weighted by Gasteiger charge is 2.17. The Labute approximate surface area is 157 Å². The molecule has 0 fully saturated rings. The van der Waals surface area contributed by atoms with Crippen LogP contribution in [0.5, 0.6) is 0 Å². The molecule has 1 N–H and O–H groups in total. The number of nitrogens with zero attached hydrogens (tertiary/aromatic N) is 1. The van der Waals surface area contributed by atoms with E-state index in [0.29, 0.717) is 17.7 Å². The molecule has 0 saturated heterocycles. The molecule has 0 aliphatic rings. The number of esters is 1. The number of carbonyl (C=O) groups is 2. The summed E-state index contributed by atoms with van der Waals surface area (Å²) in [7, 11) is 1.42. The Bertz CT molecular complexity index is 905. The van der Waals surface area contributed by atoms with E-state index < -0.39 is 17.4 Å². The average molecular weight is 374 g/mol. The average Bonchev–Trinajstić information content (AvgIpc) is 2.67. The molecule has 1 heterocycles. The molecule has 0 radical (unpaired) electrons. The second-order valence-electron chi connectivity index (χ2n) is 6.23. The number of hydrogen-bond donors (Lipinski definition) is 1. The maximum atomic E-state index is 13.3. The molecule has 0 saturated carbocycles. The fourth-order valence-electron chi connectivity index (χ4n) is 2.57. The smallest absolute Gasteiger partial charge is 0.339 e. The topological polar surface area (TPSA) is 77.4 Å². The first-order valence-corrected chi connectivity index (χ1v) is 8.76. The van der Waals surface area contributed by atoms with Crippen LogP contribution in [0, 0.1) is 12.7 Å². The zero-order valence-electron chi connectivity index (χ0n) is 15.7. The first-order chi connectivity index (χ1) is 12.9. The maximum Gasteiger partial charge on any atom is 0.339 e. The van der Waals surface area contributed by atoms with Crippen molar-refractivity contribution in [1.82, 2.24) is 9.88 Å². The number of nitrogens with one attached hydrogen (secondary N) is 1. The lowest BCUT2D eigenvalue weighted by Gasteiger charge is -2.11. The van der Waals surface area contributed by atoms with Gasteiger partial charge in [0.05, 0.1) is 5.56 Å². The largest absolute Gasteiger partial charge is 0.457 e. The highest BCUT2D eigenvalue weighted by molar-refractivity contribution is 5.97. The number of unbranched alkanes of at least 4 members (excludes halogenated alkanes) is 1. The maximum absolute atomic E-state index is 13.3. The van der Waals surface area contributed by atoms with Crippen LogP contribution in [-0.4, -0.2) is 23.5 Å². The monoisotopic (exact) mass is 374 g/mol. The van der Waals surface area contributed by atoms with E-state index in [9.17, 15) is 18.8 Å². The quantitative estimate of drug-likeness (QED) is 0.756. The molecule has 1 aromatic heterocycles. The van der Waals surface area contributed by atoms with Gasteiger partial charge >= 0.3 is 5.97 Å². The van der Waals surface area contributed by atoms with E-state index in [0.717, 1.165) is 12.8 Å². The van der Waals surface area contributed by atoms with Crippen molar-refractivity contribution in [3.8, 4) is 0 Å². The van der Waals surface area contributed by atoms with E-state index in [4.69, 9.17) is 4.74 Å². The van der Waals surface area contributed by atoms with Gasteiger partial charge in [0, 0.05) is 19.8 Å². The first-order valence-electron chi connectivity index (χ1n) is 8.76. The van der Waals surface area contributed by atoms with Crippen LogP contribution in [0.4, 0.5) is 4.39 Å². The molecule has 0 aliphatic heterocycles. The Morgan fingerprint density at radius 2 is 2.00 bits per heavy atom. The molecule has 0 bridgehead atoms. The lowest BCUT2D eigenvalue weighted by Crippen LogP contribution is -2.32. The Hall–Kier alpha value is -2.96. The number of benzene rings is 1. The highest BCUT2D eigenvalue weighted by Crippen LogP contribution is 2.12. The molecule has 0 unspecified atom stereocenters. The van der Waals surface area contributed by atoms with Gasteiger partial charge in [-0.15, -0.1) is 0 Å². The van der Waals surface area contributed by atoms with Crippen molar-refractivity contribution >= 4 is 11.9 Å². The molecule has 0 aliphatic carbocycles. The van der Waals surface area contributed by atoms with Gasteiger partial charge in [0.1, 0.15) is 18.0 Å². The van der Waals surface area contributed by atoms with Crippen LogP contribution in [0.3, 0.4) is 0 Å². The summed E-state index contributed by atoms with van der Waals surface area (Å²) in [6.07, 6.45) is 3.00. The Kier molecular flexibility index (Phi) is 6.87. The van der Waals surface area contributed by atoms with Gasteiger partial charge in [0.2, 0.25) is 0 Å². The number of carbonyl (C=O) groups excluding carboxylic acids is 2. The number of rotatable bonds is 7. The number of ether oxygens (including phenoxy) is 1. The minimum absolute atomic E-state index is 0.0383. The van der Waals surface area contributed by atoms with Crippen LogP contribution in [-0.2, 0) is 17.9 Å². The Balaban J connectivity index is 2.26. The van der Waals surface area contributed by atoms with Gasteiger partial charge in [-0.25, -0.2) is 9.18 Å². The van der Waals surface area contributed by atoms with Gasteiger partial charge in [-0.1, -0.05) is 19.4 Å². The van der Waals surface area contributed by atoms with Gasteiger partial charge < -0.3 is 14.6 Å². The van der Waals surface area contributed by atoms with E-state index >= 15 is 0 Å². The predicted octanol–water partition coefficient (Wildman–Crippen LogP) is 2.81. The summed E-state index contributed by atoms with van der Waals surface area (Å²) in [6.45, 7) is 3.97. The summed E-state index contributed by atoms with van der Waals surface area (Å²) in [4.78, 5) is 36.8. The van der Waals surface area contributed by atoms with Crippen molar-refractivity contribution in [2.75, 3.05) is 7.05 Å². The van der Waals surface area contributed by atoms with Crippen molar-refractivity contribution in [2.45, 2.75) is 39.8 Å². The molecule has 2 rings (SSSR count). The number of halogens is 1. The van der Waals surface area contributed by atoms with Crippen LogP contribution in [0.2, 0.25) is 0 Å². The standard InChI is InChI=1S/C20H23FN2O4/c1-4-5-8-23-11-15(10-16(19(23)25)18(24)22-3)20(26)27-12-14-6-7-17(21)13(2)9-14/h6-7,9-11H,4-5,8,12H2,1-3H3,(H,22,24). The van der Waals surface area contributed by atoms with Crippen molar-refractivity contribution in [1.29, 1.82) is 0 Å². The lowest BCUT2D eigenvalue weighted by molar-refractivity contribution is 0.0471. The molecule has 27 heavy (non-hydrogen) atoms. The molecule has 1 amide bonds. The van der Waals surface area contributed by atoms with Gasteiger partial charge in [-0.3, -0.25) is 9.59 Å². The number of hydrogen-bond acceptors (Lipinski definition) is 4. The molecule has 0 spiro atoms. The van der Waals surface area contributed by atoms with E-state index in [1.54, 1.807) is 13.0 Å². The van der Waals surface area contributed by atoms with Gasteiger partial charge in [-0.2, -0.15) is 0 Å². The van der Waals surface area contributed by atoms with E-state index in [2.05, 4.69) is 5.32 Å². The van der Waals surface area contributed by atoms with E-state index in [1.807, 2.05) is 6.92 Å². The van der Waals surface area contributed by atoms with Crippen molar-refractivity contribution in [2.24, 2.45) is 0 Å². The highest BCUT2D eigenvalue weighted by atomic mass is 19.1. The molecule has 0 atom stereocenters. The zero-order valence-corrected chi connectivity index (χ0v) is 15.7. The lowest BCUT2D eigenvalue weighted by atomic mass is 10.1. The Morgan fingerprint density at radius 1 is 1.26 bits per heavy atom. The third-order valence-electron chi connectivity index (χ3n) is 4.14. The molecule has 6 nitrogen and oxygen atoms in total. The number of pyridine rings is 1. The van der Waals surface area contributed by atoms with Gasteiger partial charge in [0.25, 0.3) is 11.5 Å². The van der Waals surface area contributed by atoms with Crippen molar-refractivity contribution in [3.05, 3.63) is 68.9 Å². The number of aryl methyl sites for hydroxylation is 2. The van der Waals surface area contributed by atoms with Gasteiger partial charge in [0.15, 0.2) is 0 Å². The minimum atomic E-state index is -0.660. The van der Waals surface area contributed by atoms with Crippen LogP contribution >= 0.6 is 0 Å². The summed E-state index contributed by atoms with van der Waals surface area (Å²) < 4.78 is 19.9. The molecular formula is C20H23FN2O4. The fraction of sp³-hybridized carbons (Fsp3) is 0.350. The van der Waals surface area contributed by atoms with Crippen molar-refractivity contribution in [3.63, 3.8) is 0 Å². The first kappa shape index (κ1) is 20.4. The molecule has 144 valence electrons. The SMILES string of the molecule is CCCCn1cc(C(=O)OCc2ccc(F)c(C)c2)cc(C(=O)NC)c1=O. The van der Waals surface area contributed by atoms with Crippen LogP contribution in [0.15, 0.2) is 35.3 Å². The summed E-state index contributed by atoms with van der Waals surface area (Å²) in [6, 6.07) is 5.68. The Morgan fingerprint density at radius 3 is 2.63 bits per heavy atom. The van der Waals surface area contributed by atoms with Crippen LogP contribution in [0.25, 0.3) is 0 Å².